The summed E-state index contributed by atoms with van der Waals surface area (Å²) in [5, 5.41) is 9.10. The van der Waals surface area contributed by atoms with Gasteiger partial charge in [0.2, 0.25) is 17.8 Å². The van der Waals surface area contributed by atoms with E-state index in [-0.39, 0.29) is 17.8 Å². The van der Waals surface area contributed by atoms with Gasteiger partial charge < -0.3 is 16.0 Å². The number of hydrogen-bond donors (Lipinski definition) is 3. The number of fused-ring (bicyclic) bond motifs is 1. The monoisotopic (exact) mass is 445 g/mol. The van der Waals surface area contributed by atoms with Crippen LogP contribution in [0.1, 0.15) is 38.6 Å². The minimum atomic E-state index is -0.335. The van der Waals surface area contributed by atoms with Crippen LogP contribution in [0.4, 0.5) is 33.3 Å². The Labute approximate surface area is 190 Å². The summed E-state index contributed by atoms with van der Waals surface area (Å²) in [6, 6.07) is 14.1. The maximum Gasteiger partial charge on any atom is 0.229 e. The van der Waals surface area contributed by atoms with Crippen molar-refractivity contribution in [3.8, 4) is 0 Å². The molecule has 3 N–H and O–H groups in total. The van der Waals surface area contributed by atoms with Crippen molar-refractivity contribution in [3.05, 3.63) is 60.5 Å². The van der Waals surface area contributed by atoms with E-state index >= 15 is 0 Å². The van der Waals surface area contributed by atoms with Crippen molar-refractivity contribution in [2.24, 2.45) is 0 Å². The van der Waals surface area contributed by atoms with Gasteiger partial charge in [-0.2, -0.15) is 4.98 Å². The molecule has 0 radical (unpaired) electrons. The van der Waals surface area contributed by atoms with E-state index in [2.05, 4.69) is 30.5 Å². The van der Waals surface area contributed by atoms with E-state index in [4.69, 9.17) is 4.98 Å². The van der Waals surface area contributed by atoms with E-state index < -0.39 is 0 Å². The van der Waals surface area contributed by atoms with Crippen molar-refractivity contribution < 1.29 is 9.18 Å². The molecule has 0 unspecified atom stereocenters. The average molecular weight is 446 g/mol. The fraction of sp³-hybridized carbons (Fsp3) is 0.250. The van der Waals surface area contributed by atoms with Crippen LogP contribution in [0.3, 0.4) is 0 Å². The van der Waals surface area contributed by atoms with Crippen LogP contribution in [-0.2, 0) is 4.79 Å². The number of amides is 1. The van der Waals surface area contributed by atoms with Crippen molar-refractivity contribution in [1.29, 1.82) is 0 Å². The van der Waals surface area contributed by atoms with Crippen LogP contribution in [0.15, 0.2) is 54.7 Å². The quantitative estimate of drug-likeness (QED) is 0.361. The van der Waals surface area contributed by atoms with Gasteiger partial charge in [0.15, 0.2) is 5.65 Å². The molecule has 0 spiro atoms. The summed E-state index contributed by atoms with van der Waals surface area (Å²) in [6.45, 7) is 1.47. The molecule has 5 rings (SSSR count). The van der Waals surface area contributed by atoms with E-state index in [1.54, 1.807) is 24.4 Å². The molecule has 1 saturated carbocycles. The third kappa shape index (κ3) is 4.48. The molecule has 2 aromatic carbocycles. The van der Waals surface area contributed by atoms with Gasteiger partial charge >= 0.3 is 0 Å². The number of rotatable bonds is 6. The van der Waals surface area contributed by atoms with Crippen LogP contribution in [0.5, 0.6) is 0 Å². The number of carbonyl (C=O) groups is 1. The topological polar surface area (TPSA) is 96.8 Å². The van der Waals surface area contributed by atoms with E-state index in [1.165, 1.54) is 13.0 Å². The number of halogens is 1. The molecule has 1 amide bonds. The van der Waals surface area contributed by atoms with Crippen LogP contribution in [-0.4, -0.2) is 25.4 Å². The first kappa shape index (κ1) is 20.9. The normalized spacial score (nSPS) is 13.9. The van der Waals surface area contributed by atoms with Crippen molar-refractivity contribution >= 4 is 46.0 Å². The molecule has 1 aliphatic carbocycles. The summed E-state index contributed by atoms with van der Waals surface area (Å²) >= 11 is 0. The third-order valence-electron chi connectivity index (χ3n) is 5.70. The van der Waals surface area contributed by atoms with Crippen LogP contribution in [0.2, 0.25) is 0 Å². The van der Waals surface area contributed by atoms with Crippen LogP contribution in [0.25, 0.3) is 11.2 Å². The molecule has 8 nitrogen and oxygen atoms in total. The number of nitrogens with zero attached hydrogens (tertiary/aromatic N) is 4. The number of nitrogens with one attached hydrogen (secondary N) is 3. The highest BCUT2D eigenvalue weighted by Gasteiger charge is 2.24. The van der Waals surface area contributed by atoms with Gasteiger partial charge in [-0.1, -0.05) is 25.0 Å². The second-order valence-corrected chi connectivity index (χ2v) is 8.13. The van der Waals surface area contributed by atoms with E-state index in [0.717, 1.165) is 31.4 Å². The minimum Gasteiger partial charge on any atom is -0.326 e. The molecule has 0 bridgehead atoms. The Balaban J connectivity index is 1.48. The first-order valence-electron chi connectivity index (χ1n) is 11.0. The number of benzene rings is 2. The summed E-state index contributed by atoms with van der Waals surface area (Å²) in [4.78, 5) is 25.0. The van der Waals surface area contributed by atoms with E-state index in [9.17, 15) is 9.18 Å². The molecule has 1 fully saturated rings. The van der Waals surface area contributed by atoms with Crippen LogP contribution in [0, 0.1) is 5.82 Å². The molecule has 1 aliphatic rings. The van der Waals surface area contributed by atoms with E-state index in [0.29, 0.717) is 34.4 Å². The zero-order chi connectivity index (χ0) is 22.8. The summed E-state index contributed by atoms with van der Waals surface area (Å²) in [7, 11) is 0. The number of aromatic nitrogens is 4. The highest BCUT2D eigenvalue weighted by Crippen LogP contribution is 2.36. The average Bonchev–Trinajstić information content (AvgIpc) is 3.43. The molecule has 2 aromatic heterocycles. The van der Waals surface area contributed by atoms with E-state index in [1.807, 2.05) is 24.3 Å². The van der Waals surface area contributed by atoms with Crippen molar-refractivity contribution in [2.75, 3.05) is 16.0 Å². The lowest BCUT2D eigenvalue weighted by Crippen LogP contribution is -2.10. The minimum absolute atomic E-state index is 0.121. The van der Waals surface area contributed by atoms with Crippen molar-refractivity contribution in [1.82, 2.24) is 19.5 Å². The lowest BCUT2D eigenvalue weighted by atomic mass is 10.2. The fourth-order valence-electron chi connectivity index (χ4n) is 4.20. The van der Waals surface area contributed by atoms with Crippen molar-refractivity contribution in [2.45, 2.75) is 38.6 Å². The summed E-state index contributed by atoms with van der Waals surface area (Å²) in [5.41, 5.74) is 3.23. The Bertz CT molecular complexity index is 1300. The van der Waals surface area contributed by atoms with Gasteiger partial charge in [-0.25, -0.2) is 14.4 Å². The van der Waals surface area contributed by atoms with Gasteiger partial charge in [-0.3, -0.25) is 9.36 Å². The highest BCUT2D eigenvalue weighted by atomic mass is 19.1. The third-order valence-corrected chi connectivity index (χ3v) is 5.70. The maximum absolute atomic E-state index is 14.3. The first-order chi connectivity index (χ1) is 16.1. The second kappa shape index (κ2) is 8.85. The molecule has 168 valence electrons. The van der Waals surface area contributed by atoms with Gasteiger partial charge in [0.25, 0.3) is 0 Å². The zero-order valence-electron chi connectivity index (χ0n) is 18.2. The van der Waals surface area contributed by atoms with Gasteiger partial charge in [0.1, 0.15) is 11.3 Å². The Morgan fingerprint density at radius 1 is 1.00 bits per heavy atom. The second-order valence-electron chi connectivity index (χ2n) is 8.13. The zero-order valence-corrected chi connectivity index (χ0v) is 18.2. The lowest BCUT2D eigenvalue weighted by molar-refractivity contribution is -0.114. The smallest absolute Gasteiger partial charge is 0.229 e. The highest BCUT2D eigenvalue weighted by molar-refractivity contribution is 5.88. The lowest BCUT2D eigenvalue weighted by Gasteiger charge is -2.17. The van der Waals surface area contributed by atoms with Gasteiger partial charge in [-0.05, 0) is 49.2 Å². The predicted molar refractivity (Wildman–Crippen MR) is 127 cm³/mol. The Morgan fingerprint density at radius 2 is 1.73 bits per heavy atom. The van der Waals surface area contributed by atoms with Gasteiger partial charge in [-0.15, -0.1) is 0 Å². The molecule has 33 heavy (non-hydrogen) atoms. The molecule has 0 aliphatic heterocycles. The van der Waals surface area contributed by atoms with Crippen molar-refractivity contribution in [3.63, 3.8) is 0 Å². The largest absolute Gasteiger partial charge is 0.326 e. The fourth-order valence-corrected chi connectivity index (χ4v) is 4.20. The number of imidazole rings is 1. The Morgan fingerprint density at radius 3 is 2.45 bits per heavy atom. The maximum atomic E-state index is 14.3. The number of carbonyl (C=O) groups excluding carboxylic acids is 1. The molecule has 4 aromatic rings. The van der Waals surface area contributed by atoms with Gasteiger partial charge in [0.05, 0.1) is 11.9 Å². The predicted octanol–water partition coefficient (Wildman–Crippen LogP) is 5.53. The number of hydrogen-bond acceptors (Lipinski definition) is 6. The Kier molecular flexibility index (Phi) is 5.60. The molecule has 0 atom stereocenters. The van der Waals surface area contributed by atoms with Crippen LogP contribution >= 0.6 is 0 Å². The molecule has 9 heteroatoms. The molecule has 0 saturated heterocycles. The first-order valence-corrected chi connectivity index (χ1v) is 11.0. The molecular formula is C24H24FN7O. The SMILES string of the molecule is CC(=O)Nc1ccc(Nc2ncc3nc(Nc4ccccc4F)n(C4CCCC4)c3n2)cc1. The number of anilines is 5. The standard InChI is InChI=1S/C24H24FN7O/c1-15(33)27-16-10-12-17(13-11-16)28-23-26-14-21-22(31-23)32(18-6-2-3-7-18)24(30-21)29-20-9-5-4-8-19(20)25/h4-5,8-14,18H,2-3,6-7H2,1H3,(H,27,33)(H,29,30)(H,26,28,31). The summed E-state index contributed by atoms with van der Waals surface area (Å²) in [6.07, 6.45) is 6.00. The number of para-hydroxylation sites is 1. The Hall–Kier alpha value is -4.01. The molecule has 2 heterocycles. The molecular weight excluding hydrogens is 421 g/mol. The van der Waals surface area contributed by atoms with Crippen LogP contribution < -0.4 is 16.0 Å². The van der Waals surface area contributed by atoms with Gasteiger partial charge in [0, 0.05) is 24.3 Å². The summed E-state index contributed by atoms with van der Waals surface area (Å²) < 4.78 is 16.4. The summed E-state index contributed by atoms with van der Waals surface area (Å²) in [5.74, 6) is 0.544.